The summed E-state index contributed by atoms with van der Waals surface area (Å²) in [7, 11) is 0. The number of aliphatic hydroxyl groups is 1. The lowest BCUT2D eigenvalue weighted by molar-refractivity contribution is -0.117. The minimum atomic E-state index is -0.937. The van der Waals surface area contributed by atoms with E-state index in [1.807, 2.05) is 18.2 Å². The Morgan fingerprint density at radius 3 is 3.00 bits per heavy atom. The molecule has 1 amide bonds. The fourth-order valence-electron chi connectivity index (χ4n) is 1.82. The molecular formula is C14H16ClNO3. The first-order valence-electron chi connectivity index (χ1n) is 6.10. The SMILES string of the molecule is O=C(/C=C/c1ccccc1Cl)NCC1(O)CCOC1. The van der Waals surface area contributed by atoms with Gasteiger partial charge in [-0.25, -0.2) is 0 Å². The van der Waals surface area contributed by atoms with Crippen LogP contribution in [0.2, 0.25) is 5.02 Å². The van der Waals surface area contributed by atoms with E-state index in [1.165, 1.54) is 6.08 Å². The van der Waals surface area contributed by atoms with Gasteiger partial charge >= 0.3 is 0 Å². The molecule has 0 radical (unpaired) electrons. The average Bonchev–Trinajstić information content (AvgIpc) is 2.83. The number of halogens is 1. The maximum Gasteiger partial charge on any atom is 0.244 e. The van der Waals surface area contributed by atoms with Crippen molar-refractivity contribution in [2.24, 2.45) is 0 Å². The molecule has 1 saturated heterocycles. The summed E-state index contributed by atoms with van der Waals surface area (Å²) in [4.78, 5) is 11.6. The van der Waals surface area contributed by atoms with E-state index in [1.54, 1.807) is 12.1 Å². The van der Waals surface area contributed by atoms with Crippen LogP contribution in [0.15, 0.2) is 30.3 Å². The summed E-state index contributed by atoms with van der Waals surface area (Å²) in [5.74, 6) is -0.264. The fraction of sp³-hybridized carbons (Fsp3) is 0.357. The first-order valence-corrected chi connectivity index (χ1v) is 6.47. The second kappa shape index (κ2) is 6.19. The molecular weight excluding hydrogens is 266 g/mol. The van der Waals surface area contributed by atoms with Crippen LogP contribution in [0.25, 0.3) is 6.08 Å². The minimum Gasteiger partial charge on any atom is -0.386 e. The van der Waals surface area contributed by atoms with Crippen molar-refractivity contribution in [3.05, 3.63) is 40.9 Å². The smallest absolute Gasteiger partial charge is 0.244 e. The normalized spacial score (nSPS) is 22.8. The highest BCUT2D eigenvalue weighted by Gasteiger charge is 2.32. The highest BCUT2D eigenvalue weighted by Crippen LogP contribution is 2.17. The molecule has 1 aliphatic rings. The van der Waals surface area contributed by atoms with Crippen LogP contribution in [-0.2, 0) is 9.53 Å². The quantitative estimate of drug-likeness (QED) is 0.825. The van der Waals surface area contributed by atoms with Crippen molar-refractivity contribution in [2.75, 3.05) is 19.8 Å². The van der Waals surface area contributed by atoms with Crippen LogP contribution >= 0.6 is 11.6 Å². The van der Waals surface area contributed by atoms with Gasteiger partial charge < -0.3 is 15.2 Å². The second-order valence-electron chi connectivity index (χ2n) is 4.60. The van der Waals surface area contributed by atoms with Gasteiger partial charge in [-0.3, -0.25) is 4.79 Å². The number of hydrogen-bond acceptors (Lipinski definition) is 3. The molecule has 0 bridgehead atoms. The van der Waals surface area contributed by atoms with E-state index < -0.39 is 5.60 Å². The third-order valence-corrected chi connectivity index (χ3v) is 3.34. The lowest BCUT2D eigenvalue weighted by Gasteiger charge is -2.19. The third-order valence-electron chi connectivity index (χ3n) is 2.99. The van der Waals surface area contributed by atoms with Crippen LogP contribution in [0, 0.1) is 0 Å². The predicted molar refractivity (Wildman–Crippen MR) is 73.9 cm³/mol. The van der Waals surface area contributed by atoms with E-state index in [0.29, 0.717) is 18.1 Å². The highest BCUT2D eigenvalue weighted by atomic mass is 35.5. The number of ether oxygens (including phenoxy) is 1. The zero-order valence-electron chi connectivity index (χ0n) is 10.4. The summed E-state index contributed by atoms with van der Waals surface area (Å²) in [6, 6.07) is 7.26. The van der Waals surface area contributed by atoms with Crippen molar-refractivity contribution in [3.8, 4) is 0 Å². The van der Waals surface area contributed by atoms with E-state index in [2.05, 4.69) is 5.32 Å². The van der Waals surface area contributed by atoms with Gasteiger partial charge in [0, 0.05) is 30.7 Å². The van der Waals surface area contributed by atoms with Crippen LogP contribution in [0.3, 0.4) is 0 Å². The Labute approximate surface area is 117 Å². The average molecular weight is 282 g/mol. The van der Waals surface area contributed by atoms with Crippen molar-refractivity contribution in [3.63, 3.8) is 0 Å². The summed E-state index contributed by atoms with van der Waals surface area (Å²) in [6.07, 6.45) is 3.59. The Bertz CT molecular complexity index is 481. The van der Waals surface area contributed by atoms with Crippen LogP contribution in [0.4, 0.5) is 0 Å². The molecule has 4 nitrogen and oxygen atoms in total. The molecule has 0 spiro atoms. The molecule has 1 aromatic carbocycles. The van der Waals surface area contributed by atoms with Gasteiger partial charge in [-0.1, -0.05) is 29.8 Å². The van der Waals surface area contributed by atoms with E-state index in [-0.39, 0.29) is 19.1 Å². The number of nitrogens with one attached hydrogen (secondary N) is 1. The monoisotopic (exact) mass is 281 g/mol. The van der Waals surface area contributed by atoms with Gasteiger partial charge in [0.2, 0.25) is 5.91 Å². The Balaban J connectivity index is 1.86. The molecule has 1 atom stereocenters. The molecule has 1 aliphatic heterocycles. The summed E-state index contributed by atoms with van der Waals surface area (Å²) < 4.78 is 5.10. The maximum atomic E-state index is 11.6. The molecule has 1 unspecified atom stereocenters. The Morgan fingerprint density at radius 2 is 2.32 bits per heavy atom. The van der Waals surface area contributed by atoms with Crippen LogP contribution in [-0.4, -0.2) is 36.4 Å². The van der Waals surface area contributed by atoms with Crippen molar-refractivity contribution < 1.29 is 14.6 Å². The Hall–Kier alpha value is -1.36. The molecule has 1 fully saturated rings. The molecule has 2 N–H and O–H groups in total. The van der Waals surface area contributed by atoms with Crippen molar-refractivity contribution >= 4 is 23.6 Å². The van der Waals surface area contributed by atoms with E-state index in [4.69, 9.17) is 16.3 Å². The van der Waals surface area contributed by atoms with E-state index >= 15 is 0 Å². The number of hydrogen-bond donors (Lipinski definition) is 2. The van der Waals surface area contributed by atoms with Crippen molar-refractivity contribution in [2.45, 2.75) is 12.0 Å². The molecule has 5 heteroatoms. The minimum absolute atomic E-state index is 0.193. The molecule has 2 rings (SSSR count). The van der Waals surface area contributed by atoms with Gasteiger partial charge in [-0.2, -0.15) is 0 Å². The third kappa shape index (κ3) is 4.06. The van der Waals surface area contributed by atoms with E-state index in [0.717, 1.165) is 5.56 Å². The summed E-state index contributed by atoms with van der Waals surface area (Å²) in [5.41, 5.74) is -0.157. The highest BCUT2D eigenvalue weighted by molar-refractivity contribution is 6.32. The van der Waals surface area contributed by atoms with Gasteiger partial charge in [-0.15, -0.1) is 0 Å². The van der Waals surface area contributed by atoms with E-state index in [9.17, 15) is 9.90 Å². The largest absolute Gasteiger partial charge is 0.386 e. The lowest BCUT2D eigenvalue weighted by Crippen LogP contribution is -2.42. The molecule has 0 aromatic heterocycles. The van der Waals surface area contributed by atoms with Gasteiger partial charge in [-0.05, 0) is 17.7 Å². The first-order chi connectivity index (χ1) is 9.09. The number of benzene rings is 1. The van der Waals surface area contributed by atoms with Gasteiger partial charge in [0.25, 0.3) is 0 Å². The number of carbonyl (C=O) groups is 1. The van der Waals surface area contributed by atoms with Crippen molar-refractivity contribution in [1.29, 1.82) is 0 Å². The summed E-state index contributed by atoms with van der Waals surface area (Å²) in [6.45, 7) is 0.988. The summed E-state index contributed by atoms with van der Waals surface area (Å²) in [5, 5.41) is 13.2. The topological polar surface area (TPSA) is 58.6 Å². The van der Waals surface area contributed by atoms with Gasteiger partial charge in [0.05, 0.1) is 6.61 Å². The summed E-state index contributed by atoms with van der Waals surface area (Å²) >= 11 is 5.97. The maximum absolute atomic E-state index is 11.6. The second-order valence-corrected chi connectivity index (χ2v) is 5.01. The molecule has 0 saturated carbocycles. The number of amides is 1. The number of rotatable bonds is 4. The van der Waals surface area contributed by atoms with Crippen LogP contribution < -0.4 is 5.32 Å². The zero-order chi connectivity index (χ0) is 13.7. The lowest BCUT2D eigenvalue weighted by atomic mass is 10.0. The van der Waals surface area contributed by atoms with Crippen LogP contribution in [0.1, 0.15) is 12.0 Å². The molecule has 19 heavy (non-hydrogen) atoms. The Kier molecular flexibility index (Phi) is 4.58. The van der Waals surface area contributed by atoms with Gasteiger partial charge in [0.15, 0.2) is 0 Å². The fourth-order valence-corrected chi connectivity index (χ4v) is 2.02. The van der Waals surface area contributed by atoms with Crippen molar-refractivity contribution in [1.82, 2.24) is 5.32 Å². The number of carbonyl (C=O) groups excluding carboxylic acids is 1. The zero-order valence-corrected chi connectivity index (χ0v) is 11.2. The Morgan fingerprint density at radius 1 is 1.53 bits per heavy atom. The standard InChI is InChI=1S/C14H16ClNO3/c15-12-4-2-1-3-11(12)5-6-13(17)16-9-14(18)7-8-19-10-14/h1-6,18H,7-10H2,(H,16,17)/b6-5+. The first kappa shape index (κ1) is 14.1. The van der Waals surface area contributed by atoms with Gasteiger partial charge in [0.1, 0.15) is 5.60 Å². The molecule has 1 aromatic rings. The molecule has 1 heterocycles. The van der Waals surface area contributed by atoms with Crippen LogP contribution in [0.5, 0.6) is 0 Å². The molecule has 102 valence electrons. The molecule has 0 aliphatic carbocycles. The predicted octanol–water partition coefficient (Wildman–Crippen LogP) is 1.62.